The van der Waals surface area contributed by atoms with Crippen LogP contribution < -0.4 is 26.7 Å². The summed E-state index contributed by atoms with van der Waals surface area (Å²) in [6.45, 7) is 0.151. The fraction of sp³-hybridized carbons (Fsp3) is 0.214. The third kappa shape index (κ3) is 4.80. The van der Waals surface area contributed by atoms with E-state index in [2.05, 4.69) is 26.0 Å². The predicted molar refractivity (Wildman–Crippen MR) is 87.3 cm³/mol. The van der Waals surface area contributed by atoms with Gasteiger partial charge in [-0.25, -0.2) is 15.3 Å². The van der Waals surface area contributed by atoms with Crippen LogP contribution in [0.5, 0.6) is 5.75 Å². The number of amides is 1. The molecule has 1 aromatic carbocycles. The van der Waals surface area contributed by atoms with Crippen molar-refractivity contribution >= 4 is 17.9 Å². The average molecular weight is 332 g/mol. The van der Waals surface area contributed by atoms with Crippen LogP contribution in [0, 0.1) is 0 Å². The summed E-state index contributed by atoms with van der Waals surface area (Å²) < 4.78 is 5.16. The predicted octanol–water partition coefficient (Wildman–Crippen LogP) is -0.581. The lowest BCUT2D eigenvalue weighted by molar-refractivity contribution is -0.120. The van der Waals surface area contributed by atoms with Gasteiger partial charge in [0, 0.05) is 18.5 Å². The van der Waals surface area contributed by atoms with Crippen molar-refractivity contribution in [1.82, 2.24) is 20.6 Å². The molecule has 0 aliphatic heterocycles. The molecule has 1 amide bonds. The Balaban J connectivity index is 1.80. The van der Waals surface area contributed by atoms with Crippen LogP contribution in [-0.4, -0.2) is 41.0 Å². The first-order valence-corrected chi connectivity index (χ1v) is 6.98. The summed E-state index contributed by atoms with van der Waals surface area (Å²) in [5, 5.41) is 12.1. The van der Waals surface area contributed by atoms with E-state index in [0.29, 0.717) is 5.75 Å². The van der Waals surface area contributed by atoms with Gasteiger partial charge in [0.05, 0.1) is 13.3 Å². The van der Waals surface area contributed by atoms with Gasteiger partial charge in [-0.1, -0.05) is 12.1 Å². The Morgan fingerprint density at radius 2 is 2.17 bits per heavy atom. The first-order chi connectivity index (χ1) is 11.6. The van der Waals surface area contributed by atoms with Crippen molar-refractivity contribution in [2.75, 3.05) is 19.0 Å². The molecule has 0 radical (unpaired) electrons. The third-order valence-corrected chi connectivity index (χ3v) is 2.89. The zero-order chi connectivity index (χ0) is 17.4. The van der Waals surface area contributed by atoms with Crippen LogP contribution in [0.3, 0.4) is 0 Å². The van der Waals surface area contributed by atoms with Gasteiger partial charge >= 0.3 is 5.69 Å². The van der Waals surface area contributed by atoms with Crippen LogP contribution in [0.15, 0.2) is 39.0 Å². The van der Waals surface area contributed by atoms with E-state index < -0.39 is 11.2 Å². The summed E-state index contributed by atoms with van der Waals surface area (Å²) in [6.07, 6.45) is 1.53. The average Bonchev–Trinajstić information content (AvgIpc) is 2.57. The Hall–Kier alpha value is -3.43. The highest BCUT2D eigenvalue weighted by Crippen LogP contribution is 2.14. The Bertz CT molecular complexity index is 841. The topological polar surface area (TPSA) is 141 Å². The lowest BCUT2D eigenvalue weighted by Crippen LogP contribution is -2.28. The summed E-state index contributed by atoms with van der Waals surface area (Å²) in [4.78, 5) is 35.9. The van der Waals surface area contributed by atoms with Gasteiger partial charge in [-0.2, -0.15) is 5.10 Å². The Labute approximate surface area is 136 Å². The van der Waals surface area contributed by atoms with Gasteiger partial charge in [-0.15, -0.1) is 5.10 Å². The molecule has 0 saturated carbocycles. The van der Waals surface area contributed by atoms with Gasteiger partial charge in [0.2, 0.25) is 11.7 Å². The van der Waals surface area contributed by atoms with E-state index in [1.54, 1.807) is 19.2 Å². The SMILES string of the molecule is COc1ccccc1/C=N/NC(=O)CCNc1n[nH]c(=O)[nH]c1=O. The Kier molecular flexibility index (Phi) is 5.83. The molecule has 0 bridgehead atoms. The molecule has 0 saturated heterocycles. The number of hydrogen-bond donors (Lipinski definition) is 4. The van der Waals surface area contributed by atoms with E-state index in [4.69, 9.17) is 4.74 Å². The maximum atomic E-state index is 11.7. The molecule has 24 heavy (non-hydrogen) atoms. The number of methoxy groups -OCH3 is 1. The molecule has 2 rings (SSSR count). The number of aromatic nitrogens is 3. The molecule has 0 fully saturated rings. The molecule has 0 spiro atoms. The van der Waals surface area contributed by atoms with Crippen LogP contribution in [0.4, 0.5) is 5.82 Å². The number of carbonyl (C=O) groups excluding carboxylic acids is 1. The normalized spacial score (nSPS) is 10.5. The van der Waals surface area contributed by atoms with Crippen LogP contribution in [0.2, 0.25) is 0 Å². The number of hydrogen-bond acceptors (Lipinski definition) is 7. The number of nitrogens with zero attached hydrogens (tertiary/aromatic N) is 2. The Morgan fingerprint density at radius 1 is 1.38 bits per heavy atom. The number of ether oxygens (including phenoxy) is 1. The minimum absolute atomic E-state index is 0.0590. The van der Waals surface area contributed by atoms with Crippen molar-refractivity contribution < 1.29 is 9.53 Å². The molecule has 10 heteroatoms. The van der Waals surface area contributed by atoms with Crippen molar-refractivity contribution in [3.8, 4) is 5.75 Å². The molecule has 0 aliphatic carbocycles. The molecule has 0 unspecified atom stereocenters. The summed E-state index contributed by atoms with van der Waals surface area (Å²) in [7, 11) is 1.55. The molecule has 1 heterocycles. The van der Waals surface area contributed by atoms with Gasteiger partial charge in [0.1, 0.15) is 5.75 Å². The largest absolute Gasteiger partial charge is 0.496 e. The number of hydrazone groups is 1. The van der Waals surface area contributed by atoms with E-state index in [0.717, 1.165) is 5.56 Å². The molecule has 2 aromatic rings. The maximum absolute atomic E-state index is 11.7. The standard InChI is InChI=1S/C14H16N6O4/c1-24-10-5-3-2-4-9(10)8-16-18-11(21)6-7-15-12-13(22)17-14(23)20-19-12/h2-5,8H,6-7H2,1H3,(H,15,19)(H,18,21)(H2,17,20,22,23)/b16-8+. The van der Waals surface area contributed by atoms with Crippen LogP contribution in [-0.2, 0) is 4.79 Å². The van der Waals surface area contributed by atoms with Crippen molar-refractivity contribution in [2.24, 2.45) is 5.10 Å². The van der Waals surface area contributed by atoms with E-state index in [1.807, 2.05) is 17.1 Å². The fourth-order valence-electron chi connectivity index (χ4n) is 1.76. The number of benzene rings is 1. The van der Waals surface area contributed by atoms with Gasteiger partial charge in [-0.05, 0) is 12.1 Å². The monoisotopic (exact) mass is 332 g/mol. The van der Waals surface area contributed by atoms with Crippen LogP contribution >= 0.6 is 0 Å². The molecule has 10 nitrogen and oxygen atoms in total. The highest BCUT2D eigenvalue weighted by molar-refractivity contribution is 5.85. The van der Waals surface area contributed by atoms with Gasteiger partial charge in [0.15, 0.2) is 0 Å². The van der Waals surface area contributed by atoms with Crippen molar-refractivity contribution in [2.45, 2.75) is 6.42 Å². The summed E-state index contributed by atoms with van der Waals surface area (Å²) in [5.41, 5.74) is 1.73. The number of carbonyl (C=O) groups is 1. The number of nitrogens with one attached hydrogen (secondary N) is 4. The van der Waals surface area contributed by atoms with Gasteiger partial charge in [0.25, 0.3) is 5.56 Å². The first kappa shape index (κ1) is 16.9. The van der Waals surface area contributed by atoms with E-state index in [9.17, 15) is 14.4 Å². The minimum atomic E-state index is -0.700. The number of rotatable bonds is 7. The van der Waals surface area contributed by atoms with Crippen LogP contribution in [0.25, 0.3) is 0 Å². The molecule has 4 N–H and O–H groups in total. The smallest absolute Gasteiger partial charge is 0.342 e. The third-order valence-electron chi connectivity index (χ3n) is 2.89. The molecule has 1 aromatic heterocycles. The summed E-state index contributed by atoms with van der Waals surface area (Å²) >= 11 is 0. The van der Waals surface area contributed by atoms with Crippen molar-refractivity contribution in [3.05, 3.63) is 50.7 Å². The molecular formula is C14H16N6O4. The molecule has 0 atom stereocenters. The van der Waals surface area contributed by atoms with E-state index >= 15 is 0 Å². The summed E-state index contributed by atoms with van der Waals surface area (Å²) in [6, 6.07) is 7.23. The quantitative estimate of drug-likeness (QED) is 0.395. The Morgan fingerprint density at radius 3 is 2.92 bits per heavy atom. The van der Waals surface area contributed by atoms with Crippen molar-refractivity contribution in [3.63, 3.8) is 0 Å². The first-order valence-electron chi connectivity index (χ1n) is 6.98. The van der Waals surface area contributed by atoms with Crippen molar-refractivity contribution in [1.29, 1.82) is 0 Å². The second kappa shape index (κ2) is 8.27. The number of aromatic amines is 2. The zero-order valence-corrected chi connectivity index (χ0v) is 12.8. The zero-order valence-electron chi connectivity index (χ0n) is 12.8. The number of H-pyrrole nitrogens is 2. The highest BCUT2D eigenvalue weighted by atomic mass is 16.5. The number of anilines is 1. The molecular weight excluding hydrogens is 316 g/mol. The van der Waals surface area contributed by atoms with E-state index in [-0.39, 0.29) is 24.7 Å². The minimum Gasteiger partial charge on any atom is -0.496 e. The van der Waals surface area contributed by atoms with Gasteiger partial charge in [-0.3, -0.25) is 14.6 Å². The van der Waals surface area contributed by atoms with Crippen LogP contribution in [0.1, 0.15) is 12.0 Å². The lowest BCUT2D eigenvalue weighted by atomic mass is 10.2. The maximum Gasteiger partial charge on any atom is 0.342 e. The molecule has 0 aliphatic rings. The molecule has 126 valence electrons. The fourth-order valence-corrected chi connectivity index (χ4v) is 1.76. The number of para-hydroxylation sites is 1. The second-order valence-corrected chi connectivity index (χ2v) is 4.57. The highest BCUT2D eigenvalue weighted by Gasteiger charge is 2.04. The summed E-state index contributed by atoms with van der Waals surface area (Å²) in [5.74, 6) is 0.218. The second-order valence-electron chi connectivity index (χ2n) is 4.57. The van der Waals surface area contributed by atoms with Gasteiger partial charge < -0.3 is 10.1 Å². The van der Waals surface area contributed by atoms with E-state index in [1.165, 1.54) is 6.21 Å². The lowest BCUT2D eigenvalue weighted by Gasteiger charge is -2.04.